The van der Waals surface area contributed by atoms with E-state index in [0.717, 1.165) is 37.8 Å². The van der Waals surface area contributed by atoms with Gasteiger partial charge in [0.2, 0.25) is 0 Å². The zero-order valence-electron chi connectivity index (χ0n) is 19.1. The Balaban J connectivity index is 1.20. The molecule has 2 saturated heterocycles. The fourth-order valence-corrected chi connectivity index (χ4v) is 5.65. The minimum Gasteiger partial charge on any atom is -0.484 e. The summed E-state index contributed by atoms with van der Waals surface area (Å²) in [6, 6.07) is 1.62. The summed E-state index contributed by atoms with van der Waals surface area (Å²) in [6.07, 6.45) is -3.04. The lowest BCUT2D eigenvalue weighted by Gasteiger charge is -2.17. The number of nitrogens with zero attached hydrogens (tertiary/aromatic N) is 2. The molecular weight excluding hydrogens is 489 g/mol. The molecule has 2 unspecified atom stereocenters. The zero-order valence-corrected chi connectivity index (χ0v) is 19.1. The quantitative estimate of drug-likeness (QED) is 0.564. The molecule has 4 aliphatic rings. The summed E-state index contributed by atoms with van der Waals surface area (Å²) in [5.41, 5.74) is -0.866. The van der Waals surface area contributed by atoms with Crippen LogP contribution < -0.4 is 15.0 Å². The highest BCUT2D eigenvalue weighted by atomic mass is 19.4. The summed E-state index contributed by atoms with van der Waals surface area (Å²) in [7, 11) is 0. The van der Waals surface area contributed by atoms with Crippen molar-refractivity contribution in [1.29, 1.82) is 0 Å². The van der Waals surface area contributed by atoms with Crippen LogP contribution in [0.1, 0.15) is 41.9 Å². The smallest absolute Gasteiger partial charge is 0.396 e. The molecule has 1 N–H and O–H groups in total. The van der Waals surface area contributed by atoms with Gasteiger partial charge in [0.05, 0.1) is 12.2 Å². The molecule has 1 aromatic carbocycles. The number of halogens is 5. The third kappa shape index (κ3) is 4.62. The molecule has 36 heavy (non-hydrogen) atoms. The van der Waals surface area contributed by atoms with Gasteiger partial charge in [-0.25, -0.2) is 8.78 Å². The van der Waals surface area contributed by atoms with Crippen molar-refractivity contribution in [2.24, 2.45) is 17.8 Å². The first kappa shape index (κ1) is 23.5. The maximum absolute atomic E-state index is 14.6. The lowest BCUT2D eigenvalue weighted by atomic mass is 10.1. The third-order valence-corrected chi connectivity index (χ3v) is 7.48. The van der Waals surface area contributed by atoms with E-state index in [1.54, 1.807) is 4.90 Å². The second-order valence-corrected chi connectivity index (χ2v) is 10.1. The van der Waals surface area contributed by atoms with E-state index in [0.29, 0.717) is 31.5 Å². The average molecular weight is 513 g/mol. The number of rotatable bonds is 6. The first-order valence-electron chi connectivity index (χ1n) is 12.0. The van der Waals surface area contributed by atoms with Gasteiger partial charge in [0, 0.05) is 43.4 Å². The van der Waals surface area contributed by atoms with Crippen molar-refractivity contribution in [3.05, 3.63) is 35.2 Å². The van der Waals surface area contributed by atoms with Gasteiger partial charge < -0.3 is 24.1 Å². The number of carbonyl (C=O) groups excluding carboxylic acids is 1. The number of nitrogens with one attached hydrogen (secondary N) is 1. The highest BCUT2D eigenvalue weighted by Gasteiger charge is 2.47. The number of oxazole rings is 1. The van der Waals surface area contributed by atoms with Gasteiger partial charge in [-0.3, -0.25) is 4.79 Å². The van der Waals surface area contributed by atoms with Gasteiger partial charge in [-0.15, -0.1) is 0 Å². The molecule has 0 bridgehead atoms. The number of alkyl halides is 3. The largest absolute Gasteiger partial charge is 0.484 e. The molecule has 4 fully saturated rings. The molecule has 2 aliphatic heterocycles. The van der Waals surface area contributed by atoms with E-state index in [1.807, 2.05) is 0 Å². The van der Waals surface area contributed by atoms with Crippen LogP contribution in [0, 0.1) is 29.4 Å². The summed E-state index contributed by atoms with van der Waals surface area (Å²) >= 11 is 0. The Labute approximate surface area is 202 Å². The second kappa shape index (κ2) is 8.60. The maximum atomic E-state index is 14.6. The van der Waals surface area contributed by atoms with Gasteiger partial charge in [-0.1, -0.05) is 0 Å². The van der Waals surface area contributed by atoms with E-state index in [-0.39, 0.29) is 29.8 Å². The number of anilines is 2. The van der Waals surface area contributed by atoms with Gasteiger partial charge in [0.25, 0.3) is 11.9 Å². The number of aromatic nitrogens is 1. The first-order valence-corrected chi connectivity index (χ1v) is 12.0. The van der Waals surface area contributed by atoms with E-state index in [1.165, 1.54) is 0 Å². The predicted molar refractivity (Wildman–Crippen MR) is 116 cm³/mol. The number of hydrogen-bond acceptors (Lipinski definition) is 6. The number of ether oxygens (including phenoxy) is 2. The van der Waals surface area contributed by atoms with Crippen LogP contribution in [-0.2, 0) is 11.2 Å². The topological polar surface area (TPSA) is 76.8 Å². The Kier molecular flexibility index (Phi) is 5.62. The number of hydrogen-bond donors (Lipinski definition) is 1. The highest BCUT2D eigenvalue weighted by molar-refractivity contribution is 6.03. The van der Waals surface area contributed by atoms with Crippen molar-refractivity contribution in [1.82, 2.24) is 4.98 Å². The van der Waals surface area contributed by atoms with E-state index < -0.39 is 47.3 Å². The maximum Gasteiger partial charge on any atom is 0.396 e. The fraction of sp³-hybridized carbons (Fsp3) is 0.583. The standard InChI is InChI=1S/C24H24F5N3O4/c25-16-6-14(7-17(26)21(16)35-15-4-12-3-13(12)5-15)30-22(33)20-18(8-24(27,28)29)36-23(31-20)32-9-11-1-2-34-19(11)10-32/h6-7,11-13,15,19H,1-5,8-10H2,(H,30,33)/t11-,12+,13?,15?,19+/m0/s1. The zero-order chi connectivity index (χ0) is 25.2. The van der Waals surface area contributed by atoms with Crippen LogP contribution in [0.5, 0.6) is 5.75 Å². The highest BCUT2D eigenvalue weighted by Crippen LogP contribution is 2.52. The molecule has 0 radical (unpaired) electrons. The Morgan fingerprint density at radius 1 is 1.11 bits per heavy atom. The molecular formula is C24H24F5N3O4. The molecule has 1 aromatic heterocycles. The van der Waals surface area contributed by atoms with E-state index in [2.05, 4.69) is 10.3 Å². The first-order chi connectivity index (χ1) is 17.1. The molecule has 0 spiro atoms. The Bertz CT molecular complexity index is 1140. The number of carbonyl (C=O) groups is 1. The van der Waals surface area contributed by atoms with Gasteiger partial charge >= 0.3 is 6.18 Å². The van der Waals surface area contributed by atoms with Crippen molar-refractivity contribution in [2.75, 3.05) is 29.9 Å². The van der Waals surface area contributed by atoms with Crippen LogP contribution in [0.15, 0.2) is 16.5 Å². The van der Waals surface area contributed by atoms with Crippen LogP contribution >= 0.6 is 0 Å². The van der Waals surface area contributed by atoms with Crippen LogP contribution in [0.25, 0.3) is 0 Å². The van der Waals surface area contributed by atoms with E-state index in [9.17, 15) is 26.7 Å². The number of amides is 1. The van der Waals surface area contributed by atoms with E-state index in [4.69, 9.17) is 13.9 Å². The molecule has 2 saturated carbocycles. The van der Waals surface area contributed by atoms with Crippen LogP contribution in [-0.4, -0.2) is 49.0 Å². The molecule has 6 rings (SSSR count). The minimum absolute atomic E-state index is 0.0676. The van der Waals surface area contributed by atoms with Gasteiger partial charge in [0.1, 0.15) is 12.2 Å². The van der Waals surface area contributed by atoms with Crippen molar-refractivity contribution >= 4 is 17.6 Å². The van der Waals surface area contributed by atoms with Crippen LogP contribution in [0.3, 0.4) is 0 Å². The molecule has 1 amide bonds. The van der Waals surface area contributed by atoms with Gasteiger partial charge in [0.15, 0.2) is 23.1 Å². The van der Waals surface area contributed by atoms with Crippen molar-refractivity contribution in [3.8, 4) is 5.75 Å². The predicted octanol–water partition coefficient (Wildman–Crippen LogP) is 4.71. The second-order valence-electron chi connectivity index (χ2n) is 10.1. The van der Waals surface area contributed by atoms with Crippen molar-refractivity contribution < 1.29 is 40.6 Å². The molecule has 7 nitrogen and oxygen atoms in total. The number of fused-ring (bicyclic) bond motifs is 2. The van der Waals surface area contributed by atoms with E-state index >= 15 is 0 Å². The fourth-order valence-electron chi connectivity index (χ4n) is 5.65. The van der Waals surface area contributed by atoms with Crippen molar-refractivity contribution in [2.45, 2.75) is 50.5 Å². The monoisotopic (exact) mass is 513 g/mol. The lowest BCUT2D eigenvalue weighted by molar-refractivity contribution is -0.130. The van der Waals surface area contributed by atoms with Crippen LogP contribution in [0.4, 0.5) is 33.7 Å². The molecule has 2 aliphatic carbocycles. The van der Waals surface area contributed by atoms with Gasteiger partial charge in [-0.2, -0.15) is 18.2 Å². The summed E-state index contributed by atoms with van der Waals surface area (Å²) in [4.78, 5) is 18.5. The SMILES string of the molecule is O=C(Nc1cc(F)c(OC2CC3C[C@@H]3C2)c(F)c1)c1nc(N2C[C@@H]3CCO[C@@H]3C2)oc1CC(F)(F)F. The van der Waals surface area contributed by atoms with Crippen molar-refractivity contribution in [3.63, 3.8) is 0 Å². The minimum atomic E-state index is -4.66. The number of benzene rings is 1. The summed E-state index contributed by atoms with van der Waals surface area (Å²) in [5.74, 6) is -2.95. The molecule has 5 atom stereocenters. The Morgan fingerprint density at radius 2 is 1.83 bits per heavy atom. The summed E-state index contributed by atoms with van der Waals surface area (Å²) in [6.45, 7) is 1.50. The molecule has 194 valence electrons. The molecule has 3 heterocycles. The third-order valence-electron chi connectivity index (χ3n) is 7.48. The normalized spacial score (nSPS) is 28.8. The Hall–Kier alpha value is -2.89. The van der Waals surface area contributed by atoms with Gasteiger partial charge in [-0.05, 0) is 37.5 Å². The lowest BCUT2D eigenvalue weighted by Crippen LogP contribution is -2.23. The average Bonchev–Trinajstić information content (AvgIpc) is 3.22. The molecule has 12 heteroatoms. The Morgan fingerprint density at radius 3 is 2.50 bits per heavy atom. The summed E-state index contributed by atoms with van der Waals surface area (Å²) < 4.78 is 85.2. The summed E-state index contributed by atoms with van der Waals surface area (Å²) in [5, 5.41) is 2.24. The molecule has 2 aromatic rings. The van der Waals surface area contributed by atoms with Crippen LogP contribution in [0.2, 0.25) is 0 Å².